The molecule has 0 saturated carbocycles. The minimum atomic E-state index is 0.358. The summed E-state index contributed by atoms with van der Waals surface area (Å²) < 4.78 is 0. The zero-order chi connectivity index (χ0) is 5.98. The zero-order valence-corrected chi connectivity index (χ0v) is 5.11. The van der Waals surface area contributed by atoms with Crippen LogP contribution in [0.3, 0.4) is 0 Å². The average molecular weight is 113 g/mol. The monoisotopic (exact) mass is 113 g/mol. The van der Waals surface area contributed by atoms with Crippen molar-refractivity contribution in [1.29, 1.82) is 0 Å². The van der Waals surface area contributed by atoms with E-state index in [1.807, 2.05) is 0 Å². The van der Waals surface area contributed by atoms with Crippen LogP contribution in [0, 0.1) is 0 Å². The number of carbonyl (C=O) groups is 1. The second-order valence-electron chi connectivity index (χ2n) is 2.23. The Bertz CT molecular complexity index is 101. The molecule has 1 heterocycles. The van der Waals surface area contributed by atoms with Gasteiger partial charge in [-0.1, -0.05) is 6.92 Å². The summed E-state index contributed by atoms with van der Waals surface area (Å²) in [6, 6.07) is 0.475. The fraction of sp³-hybridized carbons (Fsp3) is 0.833. The summed E-state index contributed by atoms with van der Waals surface area (Å²) in [5.41, 5.74) is 0. The highest BCUT2D eigenvalue weighted by Gasteiger charge is 2.18. The molecule has 0 aromatic rings. The number of hydrogen-bond donors (Lipinski definition) is 1. The molecule has 2 nitrogen and oxygen atoms in total. The van der Waals surface area contributed by atoms with Gasteiger partial charge in [-0.15, -0.1) is 0 Å². The normalized spacial score (nSPS) is 29.1. The minimum absolute atomic E-state index is 0.358. The van der Waals surface area contributed by atoms with Gasteiger partial charge in [-0.25, -0.2) is 0 Å². The number of rotatable bonds is 1. The van der Waals surface area contributed by atoms with Crippen molar-refractivity contribution in [2.75, 3.05) is 6.54 Å². The quantitative estimate of drug-likeness (QED) is 0.531. The van der Waals surface area contributed by atoms with Crippen LogP contribution in [0.4, 0.5) is 0 Å². The van der Waals surface area contributed by atoms with E-state index in [0.29, 0.717) is 18.4 Å². The lowest BCUT2D eigenvalue weighted by molar-refractivity contribution is -0.116. The van der Waals surface area contributed by atoms with Gasteiger partial charge in [-0.05, 0) is 6.42 Å². The Balaban J connectivity index is 2.32. The molecule has 1 saturated heterocycles. The molecule has 1 aliphatic rings. The second kappa shape index (κ2) is 2.27. The summed E-state index contributed by atoms with van der Waals surface area (Å²) in [6.07, 6.45) is 1.82. The average Bonchev–Trinajstić information content (AvgIpc) is 2.14. The maximum atomic E-state index is 10.5. The number of hydrogen-bond acceptors (Lipinski definition) is 2. The van der Waals surface area contributed by atoms with E-state index >= 15 is 0 Å². The minimum Gasteiger partial charge on any atom is -0.307 e. The molecule has 0 radical (unpaired) electrons. The molecule has 0 bridgehead atoms. The Hall–Kier alpha value is -0.370. The van der Waals surface area contributed by atoms with Crippen LogP contribution in [-0.4, -0.2) is 18.4 Å². The van der Waals surface area contributed by atoms with Gasteiger partial charge >= 0.3 is 0 Å². The molecule has 0 spiro atoms. The highest BCUT2D eigenvalue weighted by atomic mass is 16.1. The predicted molar refractivity (Wildman–Crippen MR) is 31.7 cm³/mol. The van der Waals surface area contributed by atoms with E-state index in [1.165, 1.54) is 0 Å². The lowest BCUT2D eigenvalue weighted by Gasteiger charge is -2.00. The van der Waals surface area contributed by atoms with Crippen molar-refractivity contribution in [3.8, 4) is 0 Å². The van der Waals surface area contributed by atoms with Crippen molar-refractivity contribution < 1.29 is 4.79 Å². The van der Waals surface area contributed by atoms with Gasteiger partial charge in [0.1, 0.15) is 5.78 Å². The Morgan fingerprint density at radius 3 is 2.88 bits per heavy atom. The smallest absolute Gasteiger partial charge is 0.148 e. The van der Waals surface area contributed by atoms with Gasteiger partial charge in [0, 0.05) is 12.5 Å². The van der Waals surface area contributed by atoms with Gasteiger partial charge in [0.2, 0.25) is 0 Å². The van der Waals surface area contributed by atoms with E-state index in [-0.39, 0.29) is 0 Å². The second-order valence-corrected chi connectivity index (χ2v) is 2.23. The van der Waals surface area contributed by atoms with Crippen molar-refractivity contribution in [3.05, 3.63) is 0 Å². The molecule has 0 aromatic heterocycles. The summed E-state index contributed by atoms with van der Waals surface area (Å²) in [4.78, 5) is 10.5. The van der Waals surface area contributed by atoms with E-state index in [9.17, 15) is 4.79 Å². The first-order chi connectivity index (χ1) is 3.83. The lowest BCUT2D eigenvalue weighted by atomic mass is 10.2. The Morgan fingerprint density at radius 1 is 1.88 bits per heavy atom. The molecule has 1 rings (SSSR count). The van der Waals surface area contributed by atoms with Gasteiger partial charge in [-0.3, -0.25) is 4.79 Å². The van der Waals surface area contributed by atoms with Crippen molar-refractivity contribution in [3.63, 3.8) is 0 Å². The van der Waals surface area contributed by atoms with E-state index in [4.69, 9.17) is 0 Å². The van der Waals surface area contributed by atoms with Crippen molar-refractivity contribution in [2.45, 2.75) is 25.8 Å². The van der Waals surface area contributed by atoms with Gasteiger partial charge < -0.3 is 5.32 Å². The van der Waals surface area contributed by atoms with Crippen LogP contribution < -0.4 is 5.32 Å². The summed E-state index contributed by atoms with van der Waals surface area (Å²) in [5, 5.41) is 3.11. The Morgan fingerprint density at radius 2 is 2.62 bits per heavy atom. The fourth-order valence-electron chi connectivity index (χ4n) is 0.966. The van der Waals surface area contributed by atoms with Crippen molar-refractivity contribution in [1.82, 2.24) is 5.32 Å². The lowest BCUT2D eigenvalue weighted by Crippen LogP contribution is -2.19. The Labute approximate surface area is 49.3 Å². The van der Waals surface area contributed by atoms with Gasteiger partial charge in [0.25, 0.3) is 0 Å². The maximum Gasteiger partial charge on any atom is 0.148 e. The number of carbonyl (C=O) groups excluding carboxylic acids is 1. The molecule has 0 unspecified atom stereocenters. The predicted octanol–water partition coefficient (Wildman–Crippen LogP) is 0.327. The van der Waals surface area contributed by atoms with Crippen LogP contribution in [0.5, 0.6) is 0 Å². The molecule has 8 heavy (non-hydrogen) atoms. The van der Waals surface area contributed by atoms with E-state index < -0.39 is 0 Å². The highest BCUT2D eigenvalue weighted by Crippen LogP contribution is 2.03. The molecule has 1 fully saturated rings. The molecular weight excluding hydrogens is 102 g/mol. The van der Waals surface area contributed by atoms with Gasteiger partial charge in [0.15, 0.2) is 0 Å². The van der Waals surface area contributed by atoms with Crippen LogP contribution in [0.1, 0.15) is 19.8 Å². The summed E-state index contributed by atoms with van der Waals surface area (Å²) in [6.45, 7) is 2.69. The topological polar surface area (TPSA) is 29.1 Å². The third-order valence-electron chi connectivity index (χ3n) is 1.55. The zero-order valence-electron chi connectivity index (χ0n) is 5.11. The van der Waals surface area contributed by atoms with Crippen LogP contribution in [-0.2, 0) is 4.79 Å². The molecular formula is C6H11NO. The molecule has 1 aliphatic heterocycles. The van der Waals surface area contributed by atoms with E-state index in [1.54, 1.807) is 0 Å². The number of Topliss-reactive ketones (excluding diaryl/α,β-unsaturated/α-hetero) is 1. The molecule has 1 N–H and O–H groups in total. The highest BCUT2D eigenvalue weighted by molar-refractivity contribution is 5.83. The summed E-state index contributed by atoms with van der Waals surface area (Å²) in [7, 11) is 0. The number of nitrogens with one attached hydrogen (secondary N) is 1. The maximum absolute atomic E-state index is 10.5. The molecule has 0 amide bonds. The number of ketones is 1. The van der Waals surface area contributed by atoms with E-state index in [0.717, 1.165) is 12.8 Å². The molecule has 2 heteroatoms. The van der Waals surface area contributed by atoms with Crippen molar-refractivity contribution in [2.24, 2.45) is 0 Å². The molecule has 46 valence electrons. The first-order valence-corrected chi connectivity index (χ1v) is 3.08. The molecule has 0 aromatic carbocycles. The third kappa shape index (κ3) is 1.07. The fourth-order valence-corrected chi connectivity index (χ4v) is 0.966. The first kappa shape index (κ1) is 5.76. The third-order valence-corrected chi connectivity index (χ3v) is 1.55. The molecule has 0 aliphatic carbocycles. The van der Waals surface area contributed by atoms with E-state index in [2.05, 4.69) is 12.2 Å². The molecule has 1 atom stereocenters. The SMILES string of the molecule is CC[C@H]1CC(=O)CN1. The van der Waals surface area contributed by atoms with Crippen LogP contribution in [0.2, 0.25) is 0 Å². The standard InChI is InChI=1S/C6H11NO/c1-2-5-3-6(8)4-7-5/h5,7H,2-4H2,1H3/t5-/m0/s1. The van der Waals surface area contributed by atoms with Crippen LogP contribution in [0.15, 0.2) is 0 Å². The Kier molecular flexibility index (Phi) is 1.63. The van der Waals surface area contributed by atoms with Gasteiger partial charge in [-0.2, -0.15) is 0 Å². The largest absolute Gasteiger partial charge is 0.307 e. The van der Waals surface area contributed by atoms with Crippen LogP contribution >= 0.6 is 0 Å². The van der Waals surface area contributed by atoms with Crippen molar-refractivity contribution >= 4 is 5.78 Å². The summed E-state index contributed by atoms with van der Waals surface area (Å²) >= 11 is 0. The van der Waals surface area contributed by atoms with Crippen LogP contribution in [0.25, 0.3) is 0 Å². The summed E-state index contributed by atoms with van der Waals surface area (Å²) in [5.74, 6) is 0.358. The van der Waals surface area contributed by atoms with Gasteiger partial charge in [0.05, 0.1) is 6.54 Å². The first-order valence-electron chi connectivity index (χ1n) is 3.08.